The van der Waals surface area contributed by atoms with Crippen molar-refractivity contribution in [1.29, 1.82) is 5.26 Å². The molecule has 0 saturated carbocycles. The van der Waals surface area contributed by atoms with E-state index in [0.29, 0.717) is 17.1 Å². The van der Waals surface area contributed by atoms with Gasteiger partial charge in [-0.25, -0.2) is 4.98 Å². The number of nitrogens with zero attached hydrogens (tertiary/aromatic N) is 3. The summed E-state index contributed by atoms with van der Waals surface area (Å²) in [6.45, 7) is 2.06. The third kappa shape index (κ3) is 3.69. The molecule has 0 bridgehead atoms. The van der Waals surface area contributed by atoms with Crippen LogP contribution in [0.25, 0.3) is 56.6 Å². The van der Waals surface area contributed by atoms with Gasteiger partial charge in [0.15, 0.2) is 6.23 Å². The minimum Gasteiger partial charge on any atom is -0.369 e. The second-order valence-corrected chi connectivity index (χ2v) is 11.4. The minimum absolute atomic E-state index is 0.604. The van der Waals surface area contributed by atoms with Crippen LogP contribution in [0.4, 0.5) is 0 Å². The maximum atomic E-state index is 12.1. The van der Waals surface area contributed by atoms with Crippen molar-refractivity contribution in [3.63, 3.8) is 0 Å². The third-order valence-electron chi connectivity index (χ3n) is 9.01. The summed E-state index contributed by atoms with van der Waals surface area (Å²) < 4.78 is 1.91. The van der Waals surface area contributed by atoms with E-state index in [1.54, 1.807) is 0 Å². The van der Waals surface area contributed by atoms with Crippen molar-refractivity contribution in [2.75, 3.05) is 0 Å². The number of nitriles is 1. The van der Waals surface area contributed by atoms with E-state index in [9.17, 15) is 10.4 Å². The molecule has 1 aliphatic heterocycles. The summed E-state index contributed by atoms with van der Waals surface area (Å²) in [7, 11) is 0. The van der Waals surface area contributed by atoms with Crippen LogP contribution < -0.4 is 0 Å². The van der Waals surface area contributed by atoms with Gasteiger partial charge in [0.1, 0.15) is 5.82 Å². The van der Waals surface area contributed by atoms with E-state index in [4.69, 9.17) is 4.98 Å². The van der Waals surface area contributed by atoms with Crippen LogP contribution in [-0.4, -0.2) is 14.7 Å². The lowest BCUT2D eigenvalue weighted by atomic mass is 9.76. The topological polar surface area (TPSA) is 61.8 Å². The van der Waals surface area contributed by atoms with Crippen LogP contribution in [0.15, 0.2) is 127 Å². The summed E-state index contributed by atoms with van der Waals surface area (Å²) >= 11 is 0. The van der Waals surface area contributed by atoms with E-state index in [2.05, 4.69) is 85.8 Å². The smallest absolute Gasteiger partial charge is 0.159 e. The molecule has 0 radical (unpaired) electrons. The lowest BCUT2D eigenvalue weighted by molar-refractivity contribution is 0.147. The van der Waals surface area contributed by atoms with Crippen LogP contribution in [-0.2, 0) is 5.41 Å². The zero-order valence-electron chi connectivity index (χ0n) is 23.6. The Kier molecular flexibility index (Phi) is 5.59. The van der Waals surface area contributed by atoms with E-state index in [1.807, 2.05) is 65.3 Å². The Morgan fingerprint density at radius 2 is 1.33 bits per heavy atom. The van der Waals surface area contributed by atoms with Crippen LogP contribution in [0.3, 0.4) is 0 Å². The number of fused-ring (bicyclic) bond motifs is 4. The number of aliphatic hydroxyl groups is 1. The molecule has 8 rings (SSSR count). The van der Waals surface area contributed by atoms with Crippen LogP contribution >= 0.6 is 0 Å². The maximum absolute atomic E-state index is 12.1. The Balaban J connectivity index is 1.40. The summed E-state index contributed by atoms with van der Waals surface area (Å²) in [4.78, 5) is 5.11. The lowest BCUT2D eigenvalue weighted by Crippen LogP contribution is -2.21. The van der Waals surface area contributed by atoms with E-state index in [1.165, 1.54) is 0 Å². The second kappa shape index (κ2) is 9.52. The molecule has 4 nitrogen and oxygen atoms in total. The van der Waals surface area contributed by atoms with Crippen molar-refractivity contribution >= 4 is 22.9 Å². The van der Waals surface area contributed by atoms with E-state index < -0.39 is 11.6 Å². The van der Waals surface area contributed by atoms with Gasteiger partial charge in [-0.1, -0.05) is 115 Å². The summed E-state index contributed by atoms with van der Waals surface area (Å²) in [5, 5.41) is 24.5. The lowest BCUT2D eigenvalue weighted by Gasteiger charge is -2.28. The van der Waals surface area contributed by atoms with Gasteiger partial charge in [-0.2, -0.15) is 5.26 Å². The highest BCUT2D eigenvalue weighted by atomic mass is 16.3. The quantitative estimate of drug-likeness (QED) is 0.238. The molecule has 4 heteroatoms. The number of imidazole rings is 1. The first kappa shape index (κ1) is 25.2. The van der Waals surface area contributed by atoms with Gasteiger partial charge in [0, 0.05) is 27.5 Å². The van der Waals surface area contributed by atoms with Crippen molar-refractivity contribution in [3.8, 4) is 39.7 Å². The summed E-state index contributed by atoms with van der Waals surface area (Å²) in [5.41, 5.74) is 8.73. The monoisotopic (exact) mass is 553 g/mol. The Hall–Kier alpha value is -5.50. The fraction of sp³-hybridized carbons (Fsp3) is 0.0769. The molecule has 6 aromatic rings. The summed E-state index contributed by atoms with van der Waals surface area (Å²) in [6, 6.07) is 41.8. The van der Waals surface area contributed by atoms with Crippen molar-refractivity contribution in [2.24, 2.45) is 0 Å². The van der Waals surface area contributed by atoms with Gasteiger partial charge < -0.3 is 5.11 Å². The van der Waals surface area contributed by atoms with E-state index in [-0.39, 0.29) is 0 Å². The van der Waals surface area contributed by atoms with Gasteiger partial charge in [-0.05, 0) is 58.3 Å². The van der Waals surface area contributed by atoms with Gasteiger partial charge >= 0.3 is 0 Å². The van der Waals surface area contributed by atoms with Gasteiger partial charge in [-0.15, -0.1) is 0 Å². The second-order valence-electron chi connectivity index (χ2n) is 11.4. The normalized spacial score (nSPS) is 18.3. The average molecular weight is 554 g/mol. The zero-order valence-corrected chi connectivity index (χ0v) is 23.6. The molecular weight excluding hydrogens is 526 g/mol. The Bertz CT molecular complexity index is 2110. The van der Waals surface area contributed by atoms with Gasteiger partial charge in [0.25, 0.3) is 0 Å². The van der Waals surface area contributed by atoms with Crippen LogP contribution in [0.1, 0.15) is 35.7 Å². The Morgan fingerprint density at radius 1 is 0.744 bits per heavy atom. The molecule has 5 aromatic carbocycles. The first-order valence-electron chi connectivity index (χ1n) is 14.5. The number of hydrogen-bond donors (Lipinski definition) is 1. The van der Waals surface area contributed by atoms with E-state index >= 15 is 0 Å². The molecule has 1 N–H and O–H groups in total. The minimum atomic E-state index is -0.943. The molecule has 0 fully saturated rings. The molecule has 0 saturated heterocycles. The van der Waals surface area contributed by atoms with Crippen molar-refractivity contribution < 1.29 is 5.11 Å². The zero-order chi connectivity index (χ0) is 29.1. The molecule has 43 heavy (non-hydrogen) atoms. The number of benzene rings is 5. The van der Waals surface area contributed by atoms with Gasteiger partial charge in [0.2, 0.25) is 0 Å². The number of aromatic nitrogens is 2. The molecule has 204 valence electrons. The molecule has 0 spiro atoms. The third-order valence-corrected chi connectivity index (χ3v) is 9.01. The number of rotatable bonds is 3. The van der Waals surface area contributed by atoms with Gasteiger partial charge in [0.05, 0.1) is 17.5 Å². The van der Waals surface area contributed by atoms with Crippen molar-refractivity contribution in [1.82, 2.24) is 9.55 Å². The van der Waals surface area contributed by atoms with Crippen molar-refractivity contribution in [3.05, 3.63) is 149 Å². The molecule has 2 heterocycles. The maximum Gasteiger partial charge on any atom is 0.159 e. The highest BCUT2D eigenvalue weighted by molar-refractivity contribution is 6.13. The first-order chi connectivity index (χ1) is 21.1. The summed E-state index contributed by atoms with van der Waals surface area (Å²) in [6.07, 6.45) is 5.02. The summed E-state index contributed by atoms with van der Waals surface area (Å²) in [5.74, 6) is 0.696. The van der Waals surface area contributed by atoms with Gasteiger partial charge in [-0.3, -0.25) is 4.57 Å². The predicted octanol–water partition coefficient (Wildman–Crippen LogP) is 8.78. The number of allylic oxidation sites excluding steroid dienone is 2. The Labute approximate surface area is 250 Å². The number of hydrogen-bond acceptors (Lipinski definition) is 3. The van der Waals surface area contributed by atoms with Crippen LogP contribution in [0, 0.1) is 11.3 Å². The van der Waals surface area contributed by atoms with Crippen LogP contribution in [0.5, 0.6) is 0 Å². The SMILES string of the molecule is CC1(c2ccccc2)C=Cc2c(nc3n2C(O)c2ccc(-c4ccccc4)c4c(-c5ccccc5)ccc-3c24)C=C1C#N. The largest absolute Gasteiger partial charge is 0.369 e. The fourth-order valence-corrected chi connectivity index (χ4v) is 6.76. The molecule has 1 aliphatic carbocycles. The number of aliphatic hydroxyl groups excluding tert-OH is 1. The van der Waals surface area contributed by atoms with E-state index in [0.717, 1.165) is 55.4 Å². The highest BCUT2D eigenvalue weighted by Crippen LogP contribution is 2.49. The molecule has 0 amide bonds. The molecule has 2 atom stereocenters. The first-order valence-corrected chi connectivity index (χ1v) is 14.5. The predicted molar refractivity (Wildman–Crippen MR) is 173 cm³/mol. The molecule has 1 aromatic heterocycles. The Morgan fingerprint density at radius 3 is 1.95 bits per heavy atom. The van der Waals surface area contributed by atoms with Crippen LogP contribution in [0.2, 0.25) is 0 Å². The highest BCUT2D eigenvalue weighted by Gasteiger charge is 2.35. The fourth-order valence-electron chi connectivity index (χ4n) is 6.76. The standard InChI is InChI=1S/C39H27N3O/c1-39(27-15-9-4-10-16-27)22-21-34-33(23-28(39)24-40)41-37-31-19-17-29(25-11-5-2-6-12-25)35-30(26-13-7-3-8-14-26)18-20-32(36(31)35)38(43)42(34)37/h2-23,38,43H,1H3. The molecular formula is C39H27N3O. The average Bonchev–Trinajstić information content (AvgIpc) is 3.37. The van der Waals surface area contributed by atoms with Crippen molar-refractivity contribution in [2.45, 2.75) is 18.6 Å². The molecule has 2 unspecified atom stereocenters. The molecule has 2 aliphatic rings.